The molecule has 0 unspecified atom stereocenters. The molecular formula is C57H64BF3N2O7. The number of carboxylic acids is 1. The number of ketones is 2. The van der Waals surface area contributed by atoms with Crippen molar-refractivity contribution in [3.05, 3.63) is 191 Å². The summed E-state index contributed by atoms with van der Waals surface area (Å²) in [5.41, 5.74) is 8.16. The summed E-state index contributed by atoms with van der Waals surface area (Å²) < 4.78 is 39.5. The number of ether oxygens (including phenoxy) is 2. The van der Waals surface area contributed by atoms with Crippen LogP contribution in [0.5, 0.6) is 0 Å². The number of esters is 1. The second kappa shape index (κ2) is 25.3. The molecule has 0 bridgehead atoms. The van der Waals surface area contributed by atoms with Crippen LogP contribution in [-0.2, 0) is 39.7 Å². The summed E-state index contributed by atoms with van der Waals surface area (Å²) in [4.78, 5) is 49.2. The number of carbonyl (C=O) groups is 4. The van der Waals surface area contributed by atoms with E-state index in [9.17, 15) is 37.2 Å². The zero-order valence-corrected chi connectivity index (χ0v) is 40.1. The Morgan fingerprint density at radius 3 is 1.10 bits per heavy atom. The predicted molar refractivity (Wildman–Crippen MR) is 272 cm³/mol. The van der Waals surface area contributed by atoms with Crippen LogP contribution in [0.25, 0.3) is 22.3 Å². The molecule has 8 rings (SSSR count). The summed E-state index contributed by atoms with van der Waals surface area (Å²) >= 11 is 0. The largest absolute Gasteiger partial charge is 0.762 e. The maximum atomic E-state index is 13.2. The van der Waals surface area contributed by atoms with Crippen LogP contribution in [0.4, 0.5) is 12.9 Å². The normalized spacial score (nSPS) is 13.7. The number of fused-ring (bicyclic) bond motifs is 6. The van der Waals surface area contributed by atoms with Crippen LogP contribution in [0.2, 0.25) is 0 Å². The molecule has 13 heteroatoms. The topological polar surface area (TPSA) is 131 Å². The fourth-order valence-electron chi connectivity index (χ4n) is 9.01. The smallest absolute Gasteiger partial charge is 0.480 e. The van der Waals surface area contributed by atoms with Gasteiger partial charge in [0.25, 0.3) is 0 Å². The molecule has 368 valence electrons. The first-order valence-corrected chi connectivity index (χ1v) is 22.9. The van der Waals surface area contributed by atoms with Gasteiger partial charge < -0.3 is 14.6 Å². The maximum Gasteiger partial charge on any atom is 0.762 e. The second-order valence-corrected chi connectivity index (χ2v) is 17.5. The first kappa shape index (κ1) is 55.9. The molecule has 2 atom stereocenters. The van der Waals surface area contributed by atoms with Crippen molar-refractivity contribution < 1.29 is 46.7 Å². The lowest BCUT2D eigenvalue weighted by atomic mass is 9.79. The zero-order chi connectivity index (χ0) is 50.4. The number of hydrogen-bond acceptors (Lipinski definition) is 8. The number of hydrogen-bond donors (Lipinski definition) is 3. The molecule has 0 amide bonds. The molecule has 0 aliphatic heterocycles. The average Bonchev–Trinajstić information content (AvgIpc) is 3.77. The van der Waals surface area contributed by atoms with Gasteiger partial charge in [-0.3, -0.25) is 42.8 Å². The standard InChI is InChI=1S/C28H29NO3.C24H21NO3.C4H10O.CH4.BF3/c1-19(30)18-25(26(31)32-27(2,3)4)29-28(20-12-6-5-7-13-20)23-16-10-8-14-21(23)22-15-9-11-17-24(22)28;1-16(26)15-22(23(27)28)25-24(17-9-3-2-4-10-17)20-13-7-5-11-18(20)19-12-6-8-14-21(19)24;1-3-5-4-2;;2-1(3)4/h5-17,25,29H,18H2,1-4H3;2-14,22,25H,15H2,1H3,(H,27,28);3-4H2,1-2H3;1H4;/t25-;22-;;;/m00.../s1. The molecule has 0 aromatic heterocycles. The van der Waals surface area contributed by atoms with Gasteiger partial charge in [0.2, 0.25) is 0 Å². The minimum atomic E-state index is -3.67. The van der Waals surface area contributed by atoms with Crippen LogP contribution in [0.1, 0.15) is 102 Å². The summed E-state index contributed by atoms with van der Waals surface area (Å²) in [7, 11) is -3.67. The summed E-state index contributed by atoms with van der Waals surface area (Å²) in [5, 5.41) is 16.8. The molecule has 9 nitrogen and oxygen atoms in total. The molecule has 0 fully saturated rings. The van der Waals surface area contributed by atoms with E-state index in [-0.39, 0.29) is 31.8 Å². The summed E-state index contributed by atoms with van der Waals surface area (Å²) in [6, 6.07) is 50.7. The number of Topliss-reactive ketones (excluding diaryl/α,β-unsaturated/α-hetero) is 2. The maximum absolute atomic E-state index is 13.2. The van der Waals surface area contributed by atoms with Gasteiger partial charge in [-0.05, 0) is 104 Å². The van der Waals surface area contributed by atoms with Crippen molar-refractivity contribution in [1.82, 2.24) is 10.6 Å². The molecule has 0 spiro atoms. The second-order valence-electron chi connectivity index (χ2n) is 17.5. The highest BCUT2D eigenvalue weighted by atomic mass is 19.4. The van der Waals surface area contributed by atoms with Gasteiger partial charge in [-0.1, -0.05) is 165 Å². The summed E-state index contributed by atoms with van der Waals surface area (Å²) in [5.74, 6) is -1.70. The highest BCUT2D eigenvalue weighted by Gasteiger charge is 2.48. The van der Waals surface area contributed by atoms with Crippen molar-refractivity contribution >= 4 is 31.0 Å². The minimum Gasteiger partial charge on any atom is -0.480 e. The Hall–Kier alpha value is -6.67. The molecule has 2 aliphatic carbocycles. The van der Waals surface area contributed by atoms with Gasteiger partial charge in [0, 0.05) is 26.1 Å². The molecule has 0 saturated heterocycles. The molecular weight excluding hydrogens is 892 g/mol. The van der Waals surface area contributed by atoms with E-state index in [1.807, 2.05) is 144 Å². The van der Waals surface area contributed by atoms with Crippen LogP contribution < -0.4 is 10.6 Å². The first-order chi connectivity index (χ1) is 32.9. The van der Waals surface area contributed by atoms with Crippen LogP contribution in [0.15, 0.2) is 158 Å². The van der Waals surface area contributed by atoms with Crippen molar-refractivity contribution in [3.8, 4) is 22.3 Å². The van der Waals surface area contributed by atoms with E-state index in [0.29, 0.717) is 0 Å². The van der Waals surface area contributed by atoms with Gasteiger partial charge in [0.1, 0.15) is 29.3 Å². The summed E-state index contributed by atoms with van der Waals surface area (Å²) in [6.45, 7) is 14.1. The Morgan fingerprint density at radius 2 is 0.829 bits per heavy atom. The van der Waals surface area contributed by atoms with Crippen molar-refractivity contribution in [2.75, 3.05) is 13.2 Å². The van der Waals surface area contributed by atoms with Crippen molar-refractivity contribution in [3.63, 3.8) is 0 Å². The molecule has 0 saturated carbocycles. The fraction of sp³-hybridized carbons (Fsp3) is 0.298. The third kappa shape index (κ3) is 13.1. The average molecular weight is 957 g/mol. The molecule has 2 aliphatic rings. The zero-order valence-electron chi connectivity index (χ0n) is 40.1. The minimum absolute atomic E-state index is 0. The Morgan fingerprint density at radius 1 is 0.543 bits per heavy atom. The third-order valence-electron chi connectivity index (χ3n) is 11.5. The molecule has 3 N–H and O–H groups in total. The van der Waals surface area contributed by atoms with Gasteiger partial charge in [-0.15, -0.1) is 0 Å². The Balaban J connectivity index is 0.000000258. The highest BCUT2D eigenvalue weighted by Crippen LogP contribution is 2.52. The van der Waals surface area contributed by atoms with E-state index in [1.54, 1.807) is 0 Å². The third-order valence-corrected chi connectivity index (χ3v) is 11.5. The van der Waals surface area contributed by atoms with E-state index in [1.165, 1.54) is 13.8 Å². The Labute approximate surface area is 411 Å². The van der Waals surface area contributed by atoms with Crippen molar-refractivity contribution in [1.29, 1.82) is 0 Å². The SMILES string of the molecule is C.CC(=O)C[C@H](NC1(c2ccccc2)c2ccccc2-c2ccccc21)C(=O)O.CC(=O)C[C@H](NC1(c2ccccc2)c2ccccc2-c2ccccc21)C(=O)OC(C)(C)C.CCOCC.FB(F)F. The number of halogens is 3. The van der Waals surface area contributed by atoms with E-state index in [0.717, 1.165) is 68.8 Å². The van der Waals surface area contributed by atoms with Crippen molar-refractivity contribution in [2.45, 2.75) is 97.5 Å². The monoisotopic (exact) mass is 956 g/mol. The molecule has 0 heterocycles. The van der Waals surface area contributed by atoms with E-state index >= 15 is 0 Å². The van der Waals surface area contributed by atoms with Gasteiger partial charge in [0.15, 0.2) is 0 Å². The van der Waals surface area contributed by atoms with Crippen LogP contribution in [0.3, 0.4) is 0 Å². The number of nitrogens with one attached hydrogen (secondary N) is 2. The van der Waals surface area contributed by atoms with E-state index < -0.39 is 48.2 Å². The first-order valence-electron chi connectivity index (χ1n) is 22.9. The summed E-state index contributed by atoms with van der Waals surface area (Å²) in [6.07, 6.45) is -0.0257. The number of carboxylic acid groups (broad SMARTS) is 1. The number of aliphatic carboxylic acids is 1. The predicted octanol–water partition coefficient (Wildman–Crippen LogP) is 11.8. The molecule has 0 radical (unpaired) electrons. The van der Waals surface area contributed by atoms with E-state index in [4.69, 9.17) is 9.47 Å². The van der Waals surface area contributed by atoms with Gasteiger partial charge in [-0.25, -0.2) is 0 Å². The van der Waals surface area contributed by atoms with Crippen LogP contribution in [0, 0.1) is 0 Å². The van der Waals surface area contributed by atoms with E-state index in [2.05, 4.69) is 59.2 Å². The lowest BCUT2D eigenvalue weighted by Crippen LogP contribution is -2.53. The Bertz CT molecular complexity index is 2580. The highest BCUT2D eigenvalue weighted by molar-refractivity contribution is 6.33. The number of rotatable bonds is 14. The molecule has 70 heavy (non-hydrogen) atoms. The van der Waals surface area contributed by atoms with Crippen LogP contribution >= 0.6 is 0 Å². The van der Waals surface area contributed by atoms with Gasteiger partial charge >= 0.3 is 19.5 Å². The molecule has 6 aromatic carbocycles. The fourth-order valence-corrected chi connectivity index (χ4v) is 9.01. The van der Waals surface area contributed by atoms with Crippen molar-refractivity contribution in [2.24, 2.45) is 0 Å². The molecule has 6 aromatic rings. The Kier molecular flexibility index (Phi) is 20.2. The van der Waals surface area contributed by atoms with Gasteiger partial charge in [0.05, 0.1) is 11.1 Å². The quantitative estimate of drug-likeness (QED) is 0.0721. The van der Waals surface area contributed by atoms with Crippen LogP contribution in [-0.4, -0.2) is 67.1 Å². The van der Waals surface area contributed by atoms with Gasteiger partial charge in [-0.2, -0.15) is 0 Å². The lowest BCUT2D eigenvalue weighted by molar-refractivity contribution is -0.159. The lowest BCUT2D eigenvalue weighted by Gasteiger charge is -2.37. The number of carbonyl (C=O) groups excluding carboxylic acids is 3. The number of benzene rings is 6.